The molecule has 0 bridgehead atoms. The number of nitrogens with zero attached hydrogens (tertiary/aromatic N) is 1. The summed E-state index contributed by atoms with van der Waals surface area (Å²) >= 11 is 10.7. The molecule has 0 radical (unpaired) electrons. The molecule has 0 amide bonds. The summed E-state index contributed by atoms with van der Waals surface area (Å²) in [6.45, 7) is 1.27. The van der Waals surface area contributed by atoms with Crippen LogP contribution < -0.4 is 4.72 Å². The maximum atomic E-state index is 14.1. The standard InChI is InChI=1S/C26H24Cl2F2N2OS/c27-19-5-10-25(24(28)14-19)31-34(33)32-11-1-2-18(15-32)26-22-8-6-20(29)12-16(22)3-4-17-13-21(30)7-9-23(17)26/h5-10,12-14,18,26,31H,1-4,11,15H2. The van der Waals surface area contributed by atoms with Crippen LogP contribution in [0.4, 0.5) is 14.5 Å². The van der Waals surface area contributed by atoms with Crippen molar-refractivity contribution in [3.63, 3.8) is 0 Å². The molecule has 1 aliphatic heterocycles. The number of piperidine rings is 1. The highest BCUT2D eigenvalue weighted by molar-refractivity contribution is 7.90. The molecule has 0 aromatic heterocycles. The number of rotatable bonds is 4. The molecule has 2 unspecified atom stereocenters. The molecule has 178 valence electrons. The Hall–Kier alpha value is -1.83. The van der Waals surface area contributed by atoms with Crippen LogP contribution in [0, 0.1) is 17.6 Å². The fraction of sp³-hybridized carbons (Fsp3) is 0.308. The van der Waals surface area contributed by atoms with Gasteiger partial charge in [0.2, 0.25) is 0 Å². The molecule has 0 spiro atoms. The third-order valence-electron chi connectivity index (χ3n) is 6.80. The Kier molecular flexibility index (Phi) is 7.05. The van der Waals surface area contributed by atoms with E-state index < -0.39 is 11.5 Å². The maximum Gasteiger partial charge on any atom is 0.166 e. The van der Waals surface area contributed by atoms with Crippen molar-refractivity contribution in [2.45, 2.75) is 31.6 Å². The van der Waals surface area contributed by atoms with Crippen molar-refractivity contribution in [3.05, 3.63) is 98.5 Å². The molecular formula is C26H24Cl2F2N2OS. The van der Waals surface area contributed by atoms with Gasteiger partial charge >= 0.3 is 0 Å². The molecule has 2 aliphatic rings. The van der Waals surface area contributed by atoms with Crippen molar-refractivity contribution in [1.82, 2.24) is 4.31 Å². The highest BCUT2D eigenvalue weighted by Crippen LogP contribution is 2.43. The zero-order chi connectivity index (χ0) is 23.8. The number of nitrogens with one attached hydrogen (secondary N) is 1. The SMILES string of the molecule is [O-][S+](Nc1ccc(Cl)cc1Cl)N1CCCC(C2c3ccc(F)cc3CCc3cc(F)ccc32)C1. The summed E-state index contributed by atoms with van der Waals surface area (Å²) in [4.78, 5) is 0. The maximum absolute atomic E-state index is 14.1. The minimum atomic E-state index is -1.49. The van der Waals surface area contributed by atoms with Gasteiger partial charge in [-0.3, -0.25) is 0 Å². The third kappa shape index (κ3) is 4.93. The lowest BCUT2D eigenvalue weighted by Crippen LogP contribution is -2.44. The van der Waals surface area contributed by atoms with Crippen molar-refractivity contribution in [2.75, 3.05) is 17.8 Å². The lowest BCUT2D eigenvalue weighted by molar-refractivity contribution is 0.249. The van der Waals surface area contributed by atoms with Gasteiger partial charge in [-0.2, -0.15) is 4.72 Å². The first-order chi connectivity index (χ1) is 16.4. The topological polar surface area (TPSA) is 38.3 Å². The van der Waals surface area contributed by atoms with Gasteiger partial charge < -0.3 is 4.55 Å². The Morgan fingerprint density at radius 3 is 2.18 bits per heavy atom. The lowest BCUT2D eigenvalue weighted by atomic mass is 9.75. The number of halogens is 4. The quantitative estimate of drug-likeness (QED) is 0.380. The molecule has 5 rings (SSSR count). The summed E-state index contributed by atoms with van der Waals surface area (Å²) in [5.41, 5.74) is 4.65. The molecule has 3 aromatic rings. The fourth-order valence-electron chi connectivity index (χ4n) is 5.26. The van der Waals surface area contributed by atoms with Gasteiger partial charge in [0.15, 0.2) is 11.5 Å². The van der Waals surface area contributed by atoms with Crippen LogP contribution in [-0.2, 0) is 24.4 Å². The Morgan fingerprint density at radius 2 is 1.56 bits per heavy atom. The van der Waals surface area contributed by atoms with Crippen molar-refractivity contribution >= 4 is 40.4 Å². The largest absolute Gasteiger partial charge is 0.573 e. The number of benzene rings is 3. The highest BCUT2D eigenvalue weighted by atomic mass is 35.5. The van der Waals surface area contributed by atoms with Gasteiger partial charge in [0.1, 0.15) is 17.3 Å². The predicted molar refractivity (Wildman–Crippen MR) is 135 cm³/mol. The van der Waals surface area contributed by atoms with E-state index in [1.165, 1.54) is 12.1 Å². The van der Waals surface area contributed by atoms with E-state index in [1.807, 2.05) is 16.4 Å². The molecule has 1 fully saturated rings. The van der Waals surface area contributed by atoms with E-state index in [0.717, 1.165) is 35.1 Å². The minimum Gasteiger partial charge on any atom is -0.573 e. The van der Waals surface area contributed by atoms with Gasteiger partial charge in [-0.15, -0.1) is 4.31 Å². The molecule has 1 N–H and O–H groups in total. The van der Waals surface area contributed by atoms with E-state index in [0.29, 0.717) is 41.7 Å². The molecule has 1 heterocycles. The second-order valence-electron chi connectivity index (χ2n) is 8.93. The molecule has 1 saturated heterocycles. The van der Waals surface area contributed by atoms with Gasteiger partial charge in [-0.05, 0) is 96.3 Å². The van der Waals surface area contributed by atoms with Gasteiger partial charge in [0, 0.05) is 17.5 Å². The van der Waals surface area contributed by atoms with Crippen LogP contribution in [0.1, 0.15) is 41.0 Å². The molecule has 1 aliphatic carbocycles. The Balaban J connectivity index is 1.44. The zero-order valence-electron chi connectivity index (χ0n) is 18.4. The molecule has 34 heavy (non-hydrogen) atoms. The number of hydrogen-bond acceptors (Lipinski definition) is 3. The predicted octanol–water partition coefficient (Wildman–Crippen LogP) is 6.90. The number of aryl methyl sites for hydroxylation is 2. The van der Waals surface area contributed by atoms with E-state index in [9.17, 15) is 13.3 Å². The second-order valence-corrected chi connectivity index (χ2v) is 11.0. The van der Waals surface area contributed by atoms with Crippen LogP contribution in [0.25, 0.3) is 0 Å². The lowest BCUT2D eigenvalue weighted by Gasteiger charge is -2.37. The van der Waals surface area contributed by atoms with Crippen LogP contribution in [0.3, 0.4) is 0 Å². The van der Waals surface area contributed by atoms with Crippen LogP contribution in [-0.4, -0.2) is 21.9 Å². The first-order valence-corrected chi connectivity index (χ1v) is 13.2. The average Bonchev–Trinajstić information content (AvgIpc) is 2.97. The summed E-state index contributed by atoms with van der Waals surface area (Å²) in [6.07, 6.45) is 3.14. The Morgan fingerprint density at radius 1 is 0.912 bits per heavy atom. The van der Waals surface area contributed by atoms with Gasteiger partial charge in [0.05, 0.1) is 11.6 Å². The Labute approximate surface area is 211 Å². The molecular weight excluding hydrogens is 497 g/mol. The van der Waals surface area contributed by atoms with Crippen LogP contribution in [0.5, 0.6) is 0 Å². The number of hydrogen-bond donors (Lipinski definition) is 1. The average molecular weight is 521 g/mol. The van der Waals surface area contributed by atoms with Crippen LogP contribution in [0.15, 0.2) is 54.6 Å². The van der Waals surface area contributed by atoms with E-state index in [2.05, 4.69) is 4.72 Å². The monoisotopic (exact) mass is 520 g/mol. The second kappa shape index (κ2) is 10.0. The van der Waals surface area contributed by atoms with E-state index in [4.69, 9.17) is 23.2 Å². The number of fused-ring (bicyclic) bond motifs is 2. The molecule has 2 atom stereocenters. The molecule has 3 aromatic carbocycles. The van der Waals surface area contributed by atoms with Crippen molar-refractivity contribution < 1.29 is 13.3 Å². The Bertz CT molecular complexity index is 1160. The van der Waals surface area contributed by atoms with E-state index in [1.54, 1.807) is 30.3 Å². The fourth-order valence-corrected chi connectivity index (χ4v) is 6.89. The van der Waals surface area contributed by atoms with Crippen molar-refractivity contribution in [3.8, 4) is 0 Å². The molecule has 3 nitrogen and oxygen atoms in total. The molecule has 8 heteroatoms. The summed E-state index contributed by atoms with van der Waals surface area (Å²) in [5, 5.41) is 0.919. The van der Waals surface area contributed by atoms with Crippen LogP contribution in [0.2, 0.25) is 10.0 Å². The van der Waals surface area contributed by atoms with E-state index >= 15 is 0 Å². The first kappa shape index (κ1) is 23.9. The smallest absolute Gasteiger partial charge is 0.166 e. The highest BCUT2D eigenvalue weighted by Gasteiger charge is 2.37. The number of anilines is 1. The van der Waals surface area contributed by atoms with Gasteiger partial charge in [-0.1, -0.05) is 35.3 Å². The summed E-state index contributed by atoms with van der Waals surface area (Å²) in [6, 6.07) is 15.0. The van der Waals surface area contributed by atoms with Crippen LogP contribution >= 0.6 is 23.2 Å². The molecule has 0 saturated carbocycles. The first-order valence-electron chi connectivity index (χ1n) is 11.3. The summed E-state index contributed by atoms with van der Waals surface area (Å²) in [7, 11) is 0. The normalized spacial score (nSPS) is 19.7. The zero-order valence-corrected chi connectivity index (χ0v) is 20.7. The summed E-state index contributed by atoms with van der Waals surface area (Å²) < 4.78 is 46.3. The summed E-state index contributed by atoms with van der Waals surface area (Å²) in [5.74, 6) is -0.394. The van der Waals surface area contributed by atoms with Gasteiger partial charge in [0.25, 0.3) is 0 Å². The minimum absolute atomic E-state index is 0.0207. The van der Waals surface area contributed by atoms with E-state index in [-0.39, 0.29) is 23.5 Å². The van der Waals surface area contributed by atoms with Gasteiger partial charge in [-0.25, -0.2) is 8.78 Å². The van der Waals surface area contributed by atoms with Crippen molar-refractivity contribution in [2.24, 2.45) is 5.92 Å². The van der Waals surface area contributed by atoms with Crippen molar-refractivity contribution in [1.29, 1.82) is 0 Å². The third-order valence-corrected chi connectivity index (χ3v) is 8.54.